The van der Waals surface area contributed by atoms with Gasteiger partial charge in [-0.2, -0.15) is 0 Å². The fraction of sp³-hybridized carbons (Fsp3) is 0.600. The van der Waals surface area contributed by atoms with Gasteiger partial charge in [-0.1, -0.05) is 0 Å². The Hall–Kier alpha value is -1.10. The lowest BCUT2D eigenvalue weighted by molar-refractivity contribution is -0.139. The van der Waals surface area contributed by atoms with Gasteiger partial charge < -0.3 is 15.5 Å². The van der Waals surface area contributed by atoms with Crippen LogP contribution in [0.15, 0.2) is 0 Å². The molecule has 0 saturated heterocycles. The number of carbonyl (C=O) groups is 2. The average Bonchev–Trinajstić information content (AvgIpc) is 1.82. The largest absolute Gasteiger partial charge is 0.480 e. The SMILES string of the molecule is C[C@@H](O)C(=O)NCC(=O)O. The highest BCUT2D eigenvalue weighted by molar-refractivity contribution is 5.83. The Morgan fingerprint density at radius 1 is 1.60 bits per heavy atom. The number of rotatable bonds is 3. The van der Waals surface area contributed by atoms with E-state index in [-0.39, 0.29) is 0 Å². The molecular formula is C5H9NO4. The van der Waals surface area contributed by atoms with Crippen molar-refractivity contribution >= 4 is 11.9 Å². The zero-order valence-electron chi connectivity index (χ0n) is 5.50. The van der Waals surface area contributed by atoms with Crippen LogP contribution in [0.25, 0.3) is 0 Å². The minimum Gasteiger partial charge on any atom is -0.480 e. The summed E-state index contributed by atoms with van der Waals surface area (Å²) in [5.74, 6) is -1.81. The van der Waals surface area contributed by atoms with E-state index >= 15 is 0 Å². The van der Waals surface area contributed by atoms with E-state index in [0.29, 0.717) is 0 Å². The first-order chi connectivity index (χ1) is 4.54. The molecule has 0 bridgehead atoms. The number of aliphatic hydroxyl groups excluding tert-OH is 1. The summed E-state index contributed by atoms with van der Waals surface area (Å²) in [7, 11) is 0. The standard InChI is InChI=1S/C5H9NO4/c1-3(7)5(10)6-2-4(8)9/h3,7H,2H2,1H3,(H,6,10)(H,8,9)/t3-/m1/s1. The smallest absolute Gasteiger partial charge is 0.322 e. The Balaban J connectivity index is 3.50. The van der Waals surface area contributed by atoms with Crippen molar-refractivity contribution in [2.75, 3.05) is 6.54 Å². The molecule has 0 heterocycles. The van der Waals surface area contributed by atoms with E-state index in [4.69, 9.17) is 10.2 Å². The van der Waals surface area contributed by atoms with Gasteiger partial charge in [0.25, 0.3) is 0 Å². The average molecular weight is 147 g/mol. The third-order valence-electron chi connectivity index (χ3n) is 0.793. The van der Waals surface area contributed by atoms with Gasteiger partial charge in [-0.05, 0) is 6.92 Å². The monoisotopic (exact) mass is 147 g/mol. The molecule has 0 aromatic rings. The number of nitrogens with one attached hydrogen (secondary N) is 1. The van der Waals surface area contributed by atoms with Crippen molar-refractivity contribution in [2.45, 2.75) is 13.0 Å². The summed E-state index contributed by atoms with van der Waals surface area (Å²) < 4.78 is 0. The molecule has 0 fully saturated rings. The van der Waals surface area contributed by atoms with Gasteiger partial charge in [0.1, 0.15) is 12.6 Å². The molecule has 0 aliphatic rings. The fourth-order valence-corrected chi connectivity index (χ4v) is 0.310. The third kappa shape index (κ3) is 3.85. The molecule has 0 saturated carbocycles. The number of carboxylic acid groups (broad SMARTS) is 1. The van der Waals surface area contributed by atoms with E-state index in [1.165, 1.54) is 6.92 Å². The molecule has 5 heteroatoms. The van der Waals surface area contributed by atoms with Crippen LogP contribution in [0.5, 0.6) is 0 Å². The molecule has 0 unspecified atom stereocenters. The first kappa shape index (κ1) is 8.90. The van der Waals surface area contributed by atoms with Gasteiger partial charge >= 0.3 is 5.97 Å². The maximum atomic E-state index is 10.4. The van der Waals surface area contributed by atoms with Crippen LogP contribution in [0.2, 0.25) is 0 Å². The molecular weight excluding hydrogens is 138 g/mol. The molecule has 0 spiro atoms. The van der Waals surface area contributed by atoms with Crippen LogP contribution in [-0.4, -0.2) is 34.7 Å². The summed E-state index contributed by atoms with van der Waals surface area (Å²) in [5.41, 5.74) is 0. The van der Waals surface area contributed by atoms with E-state index in [9.17, 15) is 9.59 Å². The predicted octanol–water partition coefficient (Wildman–Crippen LogP) is -1.43. The summed E-state index contributed by atoms with van der Waals surface area (Å²) in [5, 5.41) is 18.6. The quantitative estimate of drug-likeness (QED) is 0.456. The number of aliphatic carboxylic acids is 1. The predicted molar refractivity (Wildman–Crippen MR) is 32.3 cm³/mol. The first-order valence-corrected chi connectivity index (χ1v) is 2.71. The van der Waals surface area contributed by atoms with Crippen molar-refractivity contribution < 1.29 is 19.8 Å². The van der Waals surface area contributed by atoms with Gasteiger partial charge in [0.05, 0.1) is 0 Å². The normalized spacial score (nSPS) is 12.2. The molecule has 1 amide bonds. The van der Waals surface area contributed by atoms with Gasteiger partial charge in [-0.25, -0.2) is 0 Å². The lowest BCUT2D eigenvalue weighted by Gasteiger charge is -2.02. The minimum atomic E-state index is -1.15. The topological polar surface area (TPSA) is 86.6 Å². The summed E-state index contributed by atoms with van der Waals surface area (Å²) in [6.45, 7) is 0.806. The van der Waals surface area contributed by atoms with Crippen molar-refractivity contribution in [3.63, 3.8) is 0 Å². The second kappa shape index (κ2) is 3.84. The van der Waals surface area contributed by atoms with Gasteiger partial charge in [0.2, 0.25) is 5.91 Å². The van der Waals surface area contributed by atoms with Crippen molar-refractivity contribution in [1.29, 1.82) is 0 Å². The highest BCUT2D eigenvalue weighted by atomic mass is 16.4. The highest BCUT2D eigenvalue weighted by Gasteiger charge is 2.08. The van der Waals surface area contributed by atoms with Crippen molar-refractivity contribution in [3.8, 4) is 0 Å². The fourth-order valence-electron chi connectivity index (χ4n) is 0.310. The van der Waals surface area contributed by atoms with E-state index in [1.807, 2.05) is 5.32 Å². The lowest BCUT2D eigenvalue weighted by Crippen LogP contribution is -2.35. The van der Waals surface area contributed by atoms with E-state index < -0.39 is 24.5 Å². The summed E-state index contributed by atoms with van der Waals surface area (Å²) in [4.78, 5) is 20.3. The zero-order chi connectivity index (χ0) is 8.15. The highest BCUT2D eigenvalue weighted by Crippen LogP contribution is 1.77. The summed E-state index contributed by atoms with van der Waals surface area (Å²) >= 11 is 0. The number of aliphatic hydroxyl groups is 1. The third-order valence-corrected chi connectivity index (χ3v) is 0.793. The lowest BCUT2D eigenvalue weighted by atomic mass is 10.4. The number of hydrogen-bond acceptors (Lipinski definition) is 3. The molecule has 10 heavy (non-hydrogen) atoms. The van der Waals surface area contributed by atoms with Crippen molar-refractivity contribution in [1.82, 2.24) is 5.32 Å². The Bertz CT molecular complexity index is 143. The number of carboxylic acids is 1. The maximum Gasteiger partial charge on any atom is 0.322 e. The molecule has 1 atom stereocenters. The number of carbonyl (C=O) groups excluding carboxylic acids is 1. The van der Waals surface area contributed by atoms with Crippen molar-refractivity contribution in [3.05, 3.63) is 0 Å². The second-order valence-corrected chi connectivity index (χ2v) is 1.79. The van der Waals surface area contributed by atoms with Gasteiger partial charge in [0.15, 0.2) is 0 Å². The minimum absolute atomic E-state index is 0.455. The van der Waals surface area contributed by atoms with Crippen LogP contribution in [0.3, 0.4) is 0 Å². The Morgan fingerprint density at radius 2 is 2.10 bits per heavy atom. The molecule has 0 aliphatic carbocycles. The van der Waals surface area contributed by atoms with E-state index in [1.54, 1.807) is 0 Å². The molecule has 0 aromatic heterocycles. The molecule has 0 aromatic carbocycles. The maximum absolute atomic E-state index is 10.4. The van der Waals surface area contributed by atoms with Gasteiger partial charge in [-0.15, -0.1) is 0 Å². The van der Waals surface area contributed by atoms with Gasteiger partial charge in [0, 0.05) is 0 Å². The molecule has 5 nitrogen and oxygen atoms in total. The first-order valence-electron chi connectivity index (χ1n) is 2.71. The Kier molecular flexibility index (Phi) is 3.42. The van der Waals surface area contributed by atoms with Crippen LogP contribution in [0.1, 0.15) is 6.92 Å². The molecule has 0 radical (unpaired) electrons. The van der Waals surface area contributed by atoms with Crippen LogP contribution in [0, 0.1) is 0 Å². The van der Waals surface area contributed by atoms with Crippen molar-refractivity contribution in [2.24, 2.45) is 0 Å². The van der Waals surface area contributed by atoms with Crippen LogP contribution < -0.4 is 5.32 Å². The summed E-state index contributed by atoms with van der Waals surface area (Å²) in [6, 6.07) is 0. The van der Waals surface area contributed by atoms with Crippen LogP contribution in [0.4, 0.5) is 0 Å². The number of hydrogen-bond donors (Lipinski definition) is 3. The summed E-state index contributed by atoms with van der Waals surface area (Å²) in [6.07, 6.45) is -1.15. The molecule has 0 rings (SSSR count). The number of amides is 1. The van der Waals surface area contributed by atoms with E-state index in [2.05, 4.69) is 0 Å². The molecule has 0 aliphatic heterocycles. The van der Waals surface area contributed by atoms with Crippen LogP contribution >= 0.6 is 0 Å². The Morgan fingerprint density at radius 3 is 2.40 bits per heavy atom. The zero-order valence-corrected chi connectivity index (χ0v) is 5.50. The van der Waals surface area contributed by atoms with E-state index in [0.717, 1.165) is 0 Å². The Labute approximate surface area is 57.7 Å². The molecule has 3 N–H and O–H groups in total. The molecule has 58 valence electrons. The second-order valence-electron chi connectivity index (χ2n) is 1.79. The van der Waals surface area contributed by atoms with Crippen LogP contribution in [-0.2, 0) is 9.59 Å². The van der Waals surface area contributed by atoms with Gasteiger partial charge in [-0.3, -0.25) is 9.59 Å².